The Kier molecular flexibility index (Phi) is 5.45. The van der Waals surface area contributed by atoms with Gasteiger partial charge in [-0.15, -0.1) is 0 Å². The molecule has 0 aromatic heterocycles. The molecule has 3 aromatic rings. The lowest BCUT2D eigenvalue weighted by atomic mass is 9.95. The van der Waals surface area contributed by atoms with Crippen molar-refractivity contribution in [2.75, 3.05) is 4.90 Å². The molecule has 0 bridgehead atoms. The smallest absolute Gasteiger partial charge is 0.335 e. The Hall–Kier alpha value is -4.79. The number of amides is 1. The highest BCUT2D eigenvalue weighted by Crippen LogP contribution is 2.42. The van der Waals surface area contributed by atoms with Crippen LogP contribution < -0.4 is 4.90 Å². The van der Waals surface area contributed by atoms with Crippen LogP contribution in [0.2, 0.25) is 0 Å². The molecule has 1 aliphatic heterocycles. The minimum atomic E-state index is -1.22. The predicted octanol–water partition coefficient (Wildman–Crippen LogP) is 3.92. The second-order valence-corrected chi connectivity index (χ2v) is 7.24. The first-order chi connectivity index (χ1) is 15.8. The SMILES string of the molecule is O=C1C(=O)N(c2cccc(C(=O)O)c2)[C@@H](c2ccc([N+](=O)[O-])cc2)C1=C(O)c1ccccc1. The Morgan fingerprint density at radius 1 is 0.879 bits per heavy atom. The number of carboxylic acids is 1. The standard InChI is InChI=1S/C24H16N2O7/c27-21(15-5-2-1-3-6-15)19-20(14-9-11-17(12-10-14)26(32)33)25(23(29)22(19)28)18-8-4-7-16(13-18)24(30)31/h1-13,20,27H,(H,30,31)/t20-/m0/s1. The molecule has 164 valence electrons. The molecule has 4 rings (SSSR count). The van der Waals surface area contributed by atoms with Gasteiger partial charge in [0.05, 0.1) is 22.1 Å². The van der Waals surface area contributed by atoms with E-state index in [-0.39, 0.29) is 22.5 Å². The van der Waals surface area contributed by atoms with Crippen molar-refractivity contribution in [3.63, 3.8) is 0 Å². The topological polar surface area (TPSA) is 138 Å². The number of anilines is 1. The van der Waals surface area contributed by atoms with Gasteiger partial charge < -0.3 is 10.2 Å². The van der Waals surface area contributed by atoms with Gasteiger partial charge in [0.25, 0.3) is 17.4 Å². The zero-order valence-electron chi connectivity index (χ0n) is 16.9. The number of ketones is 1. The van der Waals surface area contributed by atoms with Gasteiger partial charge >= 0.3 is 5.97 Å². The Morgan fingerprint density at radius 3 is 2.12 bits per heavy atom. The Balaban J connectivity index is 1.94. The molecule has 0 spiro atoms. The molecule has 0 unspecified atom stereocenters. The summed E-state index contributed by atoms with van der Waals surface area (Å²) >= 11 is 0. The lowest BCUT2D eigenvalue weighted by molar-refractivity contribution is -0.384. The van der Waals surface area contributed by atoms with E-state index in [1.54, 1.807) is 30.3 Å². The summed E-state index contributed by atoms with van der Waals surface area (Å²) in [6.07, 6.45) is 0. The molecule has 0 radical (unpaired) electrons. The van der Waals surface area contributed by atoms with Gasteiger partial charge in [-0.25, -0.2) is 4.79 Å². The molecular weight excluding hydrogens is 428 g/mol. The zero-order chi connectivity index (χ0) is 23.7. The Morgan fingerprint density at radius 2 is 1.52 bits per heavy atom. The van der Waals surface area contributed by atoms with Crippen molar-refractivity contribution < 1.29 is 29.5 Å². The van der Waals surface area contributed by atoms with Gasteiger partial charge in [-0.1, -0.05) is 36.4 Å². The quantitative estimate of drug-likeness (QED) is 0.200. The van der Waals surface area contributed by atoms with Crippen LogP contribution in [0.15, 0.2) is 84.4 Å². The van der Waals surface area contributed by atoms with Crippen molar-refractivity contribution in [3.8, 4) is 0 Å². The first kappa shape index (κ1) is 21.4. The summed E-state index contributed by atoms with van der Waals surface area (Å²) in [7, 11) is 0. The van der Waals surface area contributed by atoms with Crippen molar-refractivity contribution in [2.24, 2.45) is 0 Å². The number of nitro groups is 1. The van der Waals surface area contributed by atoms with Crippen LogP contribution in [0.4, 0.5) is 11.4 Å². The molecule has 1 aliphatic rings. The molecule has 9 heteroatoms. The van der Waals surface area contributed by atoms with Crippen LogP contribution in [0.3, 0.4) is 0 Å². The molecule has 33 heavy (non-hydrogen) atoms. The van der Waals surface area contributed by atoms with Gasteiger partial charge in [0.1, 0.15) is 5.76 Å². The third kappa shape index (κ3) is 3.83. The van der Waals surface area contributed by atoms with Crippen LogP contribution in [0.1, 0.15) is 27.5 Å². The fourth-order valence-electron chi connectivity index (χ4n) is 3.73. The number of benzene rings is 3. The van der Waals surface area contributed by atoms with Crippen LogP contribution in [-0.2, 0) is 9.59 Å². The molecule has 1 saturated heterocycles. The summed E-state index contributed by atoms with van der Waals surface area (Å²) in [5, 5.41) is 31.4. The Labute approximate surface area is 187 Å². The number of nitro benzene ring substituents is 1. The molecule has 1 atom stereocenters. The lowest BCUT2D eigenvalue weighted by Crippen LogP contribution is -2.29. The third-order valence-electron chi connectivity index (χ3n) is 5.28. The average Bonchev–Trinajstić information content (AvgIpc) is 3.09. The maximum atomic E-state index is 13.1. The molecule has 1 amide bonds. The number of hydrogen-bond donors (Lipinski definition) is 2. The van der Waals surface area contributed by atoms with Crippen LogP contribution >= 0.6 is 0 Å². The fourth-order valence-corrected chi connectivity index (χ4v) is 3.73. The van der Waals surface area contributed by atoms with Gasteiger partial charge in [0.15, 0.2) is 0 Å². The molecule has 2 N–H and O–H groups in total. The third-order valence-corrected chi connectivity index (χ3v) is 5.28. The number of carbonyl (C=O) groups is 3. The number of rotatable bonds is 5. The average molecular weight is 444 g/mol. The van der Waals surface area contributed by atoms with E-state index in [2.05, 4.69) is 0 Å². The van der Waals surface area contributed by atoms with Crippen molar-refractivity contribution in [3.05, 3.63) is 111 Å². The van der Waals surface area contributed by atoms with Crippen molar-refractivity contribution in [1.29, 1.82) is 0 Å². The van der Waals surface area contributed by atoms with Gasteiger partial charge in [0.2, 0.25) is 0 Å². The van der Waals surface area contributed by atoms with E-state index in [9.17, 15) is 34.7 Å². The number of nitrogens with zero attached hydrogens (tertiary/aromatic N) is 2. The minimum Gasteiger partial charge on any atom is -0.507 e. The minimum absolute atomic E-state index is 0.0973. The number of aromatic carboxylic acids is 1. The van der Waals surface area contributed by atoms with Crippen LogP contribution in [-0.4, -0.2) is 32.8 Å². The number of hydrogen-bond acceptors (Lipinski definition) is 6. The zero-order valence-corrected chi connectivity index (χ0v) is 16.9. The van der Waals surface area contributed by atoms with Crippen molar-refractivity contribution in [2.45, 2.75) is 6.04 Å². The lowest BCUT2D eigenvalue weighted by Gasteiger charge is -2.25. The molecule has 0 saturated carbocycles. The maximum Gasteiger partial charge on any atom is 0.335 e. The highest BCUT2D eigenvalue weighted by atomic mass is 16.6. The molecule has 1 heterocycles. The molecule has 0 aliphatic carbocycles. The number of Topliss-reactive ketones (excluding diaryl/α,β-unsaturated/α-hetero) is 1. The van der Waals surface area contributed by atoms with E-state index >= 15 is 0 Å². The number of aliphatic hydroxyl groups excluding tert-OH is 1. The molecular formula is C24H16N2O7. The second-order valence-electron chi connectivity index (χ2n) is 7.24. The maximum absolute atomic E-state index is 13.1. The number of carbonyl (C=O) groups excluding carboxylic acids is 2. The summed E-state index contributed by atoms with van der Waals surface area (Å²) in [6, 6.07) is 17.8. The van der Waals surface area contributed by atoms with E-state index in [1.807, 2.05) is 0 Å². The summed E-state index contributed by atoms with van der Waals surface area (Å²) in [4.78, 5) is 49.1. The summed E-state index contributed by atoms with van der Waals surface area (Å²) in [6.45, 7) is 0. The number of carboxylic acid groups (broad SMARTS) is 1. The Bertz CT molecular complexity index is 1310. The van der Waals surface area contributed by atoms with Gasteiger partial charge in [-0.2, -0.15) is 0 Å². The van der Waals surface area contributed by atoms with Crippen molar-refractivity contribution >= 4 is 34.8 Å². The number of non-ortho nitro benzene ring substituents is 1. The monoisotopic (exact) mass is 444 g/mol. The largest absolute Gasteiger partial charge is 0.507 e. The molecule has 9 nitrogen and oxygen atoms in total. The van der Waals surface area contributed by atoms with E-state index in [1.165, 1.54) is 48.5 Å². The summed E-state index contributed by atoms with van der Waals surface area (Å²) in [5.74, 6) is -3.54. The van der Waals surface area contributed by atoms with E-state index < -0.39 is 34.4 Å². The van der Waals surface area contributed by atoms with Crippen LogP contribution in [0, 0.1) is 10.1 Å². The molecule has 1 fully saturated rings. The van der Waals surface area contributed by atoms with Gasteiger partial charge in [0, 0.05) is 23.4 Å². The predicted molar refractivity (Wildman–Crippen MR) is 118 cm³/mol. The first-order valence-corrected chi connectivity index (χ1v) is 9.73. The van der Waals surface area contributed by atoms with Crippen molar-refractivity contribution in [1.82, 2.24) is 0 Å². The highest BCUT2D eigenvalue weighted by Gasteiger charge is 2.47. The number of aliphatic hydroxyl groups is 1. The van der Waals surface area contributed by atoms with E-state index in [0.717, 1.165) is 4.90 Å². The van der Waals surface area contributed by atoms with E-state index in [4.69, 9.17) is 0 Å². The van der Waals surface area contributed by atoms with E-state index in [0.29, 0.717) is 11.1 Å². The normalized spacial score (nSPS) is 17.2. The first-order valence-electron chi connectivity index (χ1n) is 9.73. The molecule has 3 aromatic carbocycles. The van der Waals surface area contributed by atoms with Crippen LogP contribution in [0.25, 0.3) is 5.76 Å². The van der Waals surface area contributed by atoms with Gasteiger partial charge in [-0.05, 0) is 35.9 Å². The second kappa shape index (κ2) is 8.39. The fraction of sp³-hybridized carbons (Fsp3) is 0.0417. The van der Waals surface area contributed by atoms with Crippen LogP contribution in [0.5, 0.6) is 0 Å². The highest BCUT2D eigenvalue weighted by molar-refractivity contribution is 6.51. The van der Waals surface area contributed by atoms with Gasteiger partial charge in [-0.3, -0.25) is 24.6 Å². The summed E-state index contributed by atoms with van der Waals surface area (Å²) in [5.41, 5.74) is 0.277. The summed E-state index contributed by atoms with van der Waals surface area (Å²) < 4.78 is 0.